The van der Waals surface area contributed by atoms with E-state index in [0.717, 1.165) is 38.4 Å². The van der Waals surface area contributed by atoms with Gasteiger partial charge in [0.1, 0.15) is 0 Å². The van der Waals surface area contributed by atoms with Gasteiger partial charge < -0.3 is 20.4 Å². The summed E-state index contributed by atoms with van der Waals surface area (Å²) in [4.78, 5) is 13.1. The fraction of sp³-hybridized carbons (Fsp3) is 0.714. The van der Waals surface area contributed by atoms with Crippen LogP contribution in [0.5, 0.6) is 0 Å². The van der Waals surface area contributed by atoms with E-state index in [-0.39, 0.29) is 35.8 Å². The van der Waals surface area contributed by atoms with Crippen molar-refractivity contribution in [1.29, 1.82) is 0 Å². The second-order valence-corrected chi connectivity index (χ2v) is 7.85. The van der Waals surface area contributed by atoms with Crippen LogP contribution >= 0.6 is 24.0 Å². The Labute approximate surface area is 191 Å². The highest BCUT2D eigenvalue weighted by molar-refractivity contribution is 14.0. The van der Waals surface area contributed by atoms with E-state index in [0.29, 0.717) is 5.82 Å². The maximum atomic E-state index is 13.9. The quantitative estimate of drug-likeness (QED) is 0.240. The molecule has 1 aromatic heterocycles. The summed E-state index contributed by atoms with van der Waals surface area (Å²) in [6.07, 6.45) is 10.4. The van der Waals surface area contributed by atoms with E-state index in [2.05, 4.69) is 25.5 Å². The van der Waals surface area contributed by atoms with Crippen LogP contribution in [0.15, 0.2) is 23.3 Å². The van der Waals surface area contributed by atoms with Crippen LogP contribution in [-0.2, 0) is 0 Å². The Balaban J connectivity index is 0.00000300. The minimum absolute atomic E-state index is 0. The van der Waals surface area contributed by atoms with Gasteiger partial charge >= 0.3 is 0 Å². The van der Waals surface area contributed by atoms with Gasteiger partial charge in [0.2, 0.25) is 0 Å². The number of rotatable bonds is 8. The third-order valence-electron chi connectivity index (χ3n) is 5.68. The van der Waals surface area contributed by atoms with Crippen LogP contribution in [0.2, 0.25) is 0 Å². The zero-order chi connectivity index (χ0) is 19.6. The number of anilines is 1. The highest BCUT2D eigenvalue weighted by Gasteiger charge is 2.25. The number of halogens is 2. The molecule has 0 aromatic carbocycles. The summed E-state index contributed by atoms with van der Waals surface area (Å²) >= 11 is 0. The van der Waals surface area contributed by atoms with Crippen molar-refractivity contribution in [2.24, 2.45) is 4.99 Å². The third kappa shape index (κ3) is 7.88. The molecule has 3 rings (SSSR count). The average Bonchev–Trinajstić information content (AvgIpc) is 3.19. The molecule has 164 valence electrons. The molecule has 1 unspecified atom stereocenters. The Morgan fingerprint density at radius 3 is 2.79 bits per heavy atom. The number of hydrogen-bond donors (Lipinski definition) is 2. The van der Waals surface area contributed by atoms with Crippen molar-refractivity contribution in [3.05, 3.63) is 24.1 Å². The molecule has 0 spiro atoms. The zero-order valence-electron chi connectivity index (χ0n) is 17.6. The van der Waals surface area contributed by atoms with Crippen molar-refractivity contribution >= 4 is 35.8 Å². The minimum Gasteiger partial charge on any atom is -0.356 e. The molecule has 1 aromatic rings. The van der Waals surface area contributed by atoms with E-state index < -0.39 is 0 Å². The summed E-state index contributed by atoms with van der Waals surface area (Å²) in [5.41, 5.74) is 0. The number of nitrogens with one attached hydrogen (secondary N) is 2. The van der Waals surface area contributed by atoms with Crippen molar-refractivity contribution in [3.63, 3.8) is 0 Å². The standard InChI is InChI=1S/C21H35FN6.HI/c1-23-21(25-11-4-2-5-13-27-14-6-3-7-15-27)26-18-10-16-28(17-18)20-19(22)9-8-12-24-20;/h8-9,12,18H,2-7,10-11,13-17H2,1H3,(H2,23,25,26);1H. The van der Waals surface area contributed by atoms with Gasteiger partial charge in [0, 0.05) is 38.9 Å². The van der Waals surface area contributed by atoms with Crippen LogP contribution in [-0.4, -0.2) is 68.2 Å². The van der Waals surface area contributed by atoms with E-state index in [1.807, 2.05) is 4.90 Å². The van der Waals surface area contributed by atoms with Gasteiger partial charge in [-0.1, -0.05) is 12.8 Å². The topological polar surface area (TPSA) is 55.8 Å². The van der Waals surface area contributed by atoms with Crippen molar-refractivity contribution < 1.29 is 4.39 Å². The van der Waals surface area contributed by atoms with Crippen molar-refractivity contribution in [1.82, 2.24) is 20.5 Å². The van der Waals surface area contributed by atoms with Gasteiger partial charge in [-0.05, 0) is 63.9 Å². The van der Waals surface area contributed by atoms with Gasteiger partial charge in [-0.3, -0.25) is 4.99 Å². The lowest BCUT2D eigenvalue weighted by atomic mass is 10.1. The lowest BCUT2D eigenvalue weighted by Gasteiger charge is -2.26. The van der Waals surface area contributed by atoms with Crippen molar-refractivity contribution in [2.75, 3.05) is 51.2 Å². The van der Waals surface area contributed by atoms with Crippen LogP contribution in [0.1, 0.15) is 44.9 Å². The second kappa shape index (κ2) is 13.2. The Morgan fingerprint density at radius 1 is 1.21 bits per heavy atom. The van der Waals surface area contributed by atoms with E-state index in [4.69, 9.17) is 0 Å². The molecular formula is C21H36FIN6. The highest BCUT2D eigenvalue weighted by atomic mass is 127. The van der Waals surface area contributed by atoms with E-state index >= 15 is 0 Å². The van der Waals surface area contributed by atoms with Crippen LogP contribution in [0.25, 0.3) is 0 Å². The molecule has 1 atom stereocenters. The third-order valence-corrected chi connectivity index (χ3v) is 5.68. The van der Waals surface area contributed by atoms with Gasteiger partial charge in [0.05, 0.1) is 0 Å². The normalized spacial score (nSPS) is 20.4. The first-order valence-corrected chi connectivity index (χ1v) is 10.8. The molecule has 8 heteroatoms. The lowest BCUT2D eigenvalue weighted by Crippen LogP contribution is -2.45. The largest absolute Gasteiger partial charge is 0.356 e. The average molecular weight is 518 g/mol. The second-order valence-electron chi connectivity index (χ2n) is 7.85. The molecule has 29 heavy (non-hydrogen) atoms. The monoisotopic (exact) mass is 518 g/mol. The molecule has 2 N–H and O–H groups in total. The number of hydrogen-bond acceptors (Lipinski definition) is 4. The first-order valence-electron chi connectivity index (χ1n) is 10.8. The molecule has 0 saturated carbocycles. The molecule has 0 bridgehead atoms. The Kier molecular flexibility index (Phi) is 11.0. The van der Waals surface area contributed by atoms with Gasteiger partial charge in [0.15, 0.2) is 17.6 Å². The summed E-state index contributed by atoms with van der Waals surface area (Å²) in [5, 5.41) is 6.88. The maximum absolute atomic E-state index is 13.9. The van der Waals surface area contributed by atoms with Crippen LogP contribution in [0.3, 0.4) is 0 Å². The predicted molar refractivity (Wildman–Crippen MR) is 129 cm³/mol. The number of piperidine rings is 1. The highest BCUT2D eigenvalue weighted by Crippen LogP contribution is 2.20. The lowest BCUT2D eigenvalue weighted by molar-refractivity contribution is 0.224. The molecule has 2 saturated heterocycles. The summed E-state index contributed by atoms with van der Waals surface area (Å²) in [7, 11) is 1.80. The smallest absolute Gasteiger partial charge is 0.191 e. The fourth-order valence-corrected chi connectivity index (χ4v) is 4.10. The molecule has 2 fully saturated rings. The van der Waals surface area contributed by atoms with Crippen LogP contribution in [0.4, 0.5) is 10.2 Å². The van der Waals surface area contributed by atoms with Crippen LogP contribution < -0.4 is 15.5 Å². The van der Waals surface area contributed by atoms with E-state index in [1.54, 1.807) is 19.3 Å². The molecule has 0 amide bonds. The first-order chi connectivity index (χ1) is 13.8. The Bertz CT molecular complexity index is 623. The number of unbranched alkanes of at least 4 members (excludes halogenated alkanes) is 2. The number of likely N-dealkylation sites (tertiary alicyclic amines) is 1. The molecule has 0 radical (unpaired) electrons. The molecule has 2 aliphatic heterocycles. The fourth-order valence-electron chi connectivity index (χ4n) is 4.10. The summed E-state index contributed by atoms with van der Waals surface area (Å²) in [6, 6.07) is 3.35. The van der Waals surface area contributed by atoms with Gasteiger partial charge in [0.25, 0.3) is 0 Å². The van der Waals surface area contributed by atoms with Crippen LogP contribution in [0, 0.1) is 5.82 Å². The summed E-state index contributed by atoms with van der Waals surface area (Å²) < 4.78 is 13.9. The first kappa shape index (κ1) is 24.1. The Morgan fingerprint density at radius 2 is 2.03 bits per heavy atom. The molecule has 0 aliphatic carbocycles. The van der Waals surface area contributed by atoms with E-state index in [1.165, 1.54) is 57.8 Å². The SMILES string of the molecule is CN=C(NCCCCCN1CCCCC1)NC1CCN(c2ncccc2F)C1.I. The zero-order valence-corrected chi connectivity index (χ0v) is 19.9. The summed E-state index contributed by atoms with van der Waals surface area (Å²) in [5.74, 6) is 1.03. The Hall–Kier alpha value is -1.16. The minimum atomic E-state index is -0.254. The number of nitrogens with zero attached hydrogens (tertiary/aromatic N) is 4. The number of aromatic nitrogens is 1. The number of guanidine groups is 1. The number of aliphatic imine (C=N–C) groups is 1. The van der Waals surface area contributed by atoms with Crippen molar-refractivity contribution in [2.45, 2.75) is 51.0 Å². The summed E-state index contributed by atoms with van der Waals surface area (Å²) in [6.45, 7) is 6.30. The van der Waals surface area contributed by atoms with Gasteiger partial charge in [-0.2, -0.15) is 0 Å². The molecule has 3 heterocycles. The predicted octanol–water partition coefficient (Wildman–Crippen LogP) is 3.24. The van der Waals surface area contributed by atoms with E-state index in [9.17, 15) is 4.39 Å². The molecule has 2 aliphatic rings. The van der Waals surface area contributed by atoms with Gasteiger partial charge in [-0.15, -0.1) is 24.0 Å². The molecular weight excluding hydrogens is 482 g/mol. The van der Waals surface area contributed by atoms with Gasteiger partial charge in [-0.25, -0.2) is 9.37 Å². The van der Waals surface area contributed by atoms with Crippen molar-refractivity contribution in [3.8, 4) is 0 Å². The molecule has 6 nitrogen and oxygen atoms in total. The maximum Gasteiger partial charge on any atom is 0.191 e. The number of pyridine rings is 1.